The zero-order valence-corrected chi connectivity index (χ0v) is 15.3. The summed E-state index contributed by atoms with van der Waals surface area (Å²) in [5, 5.41) is 0. The van der Waals surface area contributed by atoms with Gasteiger partial charge in [-0.1, -0.05) is 38.8 Å². The third-order valence-electron chi connectivity index (χ3n) is 5.21. The van der Waals surface area contributed by atoms with Crippen LogP contribution in [0, 0.1) is 11.7 Å². The van der Waals surface area contributed by atoms with E-state index in [1.807, 2.05) is 0 Å². The van der Waals surface area contributed by atoms with Gasteiger partial charge in [-0.2, -0.15) is 0 Å². The number of nitrogens with zero attached hydrogens (tertiary/aromatic N) is 2. The van der Waals surface area contributed by atoms with Gasteiger partial charge in [-0.3, -0.25) is 9.59 Å². The highest BCUT2D eigenvalue weighted by molar-refractivity contribution is 6.34. The quantitative estimate of drug-likeness (QED) is 0.759. The van der Waals surface area contributed by atoms with Crippen LogP contribution in [0.1, 0.15) is 32.3 Å². The van der Waals surface area contributed by atoms with E-state index in [1.165, 1.54) is 17.0 Å². The van der Waals surface area contributed by atoms with Crippen LogP contribution < -0.4 is 4.90 Å². The Hall–Kier alpha value is -2.21. The number of anilines is 1. The SMILES string of the molecule is CCC(CC)CN1C(=O)/C(=C/C(=O)N2CCOCC2)c2cccc(F)c21. The first-order valence-corrected chi connectivity index (χ1v) is 9.25. The van der Waals surface area contributed by atoms with Crippen LogP contribution in [0.4, 0.5) is 10.1 Å². The molecule has 0 radical (unpaired) electrons. The second-order valence-electron chi connectivity index (χ2n) is 6.73. The van der Waals surface area contributed by atoms with Crippen molar-refractivity contribution in [3.05, 3.63) is 35.7 Å². The van der Waals surface area contributed by atoms with E-state index in [1.54, 1.807) is 17.0 Å². The summed E-state index contributed by atoms with van der Waals surface area (Å²) in [4.78, 5) is 28.7. The summed E-state index contributed by atoms with van der Waals surface area (Å²) in [7, 11) is 0. The number of carbonyl (C=O) groups is 2. The molecule has 5 nitrogen and oxygen atoms in total. The van der Waals surface area contributed by atoms with Gasteiger partial charge in [0.1, 0.15) is 5.82 Å². The molecule has 1 saturated heterocycles. The fourth-order valence-electron chi connectivity index (χ4n) is 3.49. The predicted octanol–water partition coefficient (Wildman–Crippen LogP) is 2.85. The lowest BCUT2D eigenvalue weighted by Gasteiger charge is -2.25. The normalized spacial score (nSPS) is 18.8. The minimum absolute atomic E-state index is 0.226. The Bertz CT molecular complexity index is 722. The Morgan fingerprint density at radius 2 is 1.96 bits per heavy atom. The molecule has 3 rings (SSSR count). The zero-order chi connectivity index (χ0) is 18.7. The first-order chi connectivity index (χ1) is 12.6. The number of carbonyl (C=O) groups excluding carboxylic acids is 2. The van der Waals surface area contributed by atoms with E-state index >= 15 is 0 Å². The monoisotopic (exact) mass is 360 g/mol. The molecule has 140 valence electrons. The molecule has 26 heavy (non-hydrogen) atoms. The van der Waals surface area contributed by atoms with Gasteiger partial charge in [0.25, 0.3) is 5.91 Å². The lowest BCUT2D eigenvalue weighted by molar-refractivity contribution is -0.130. The molecule has 2 amide bonds. The Kier molecular flexibility index (Phi) is 5.71. The van der Waals surface area contributed by atoms with Gasteiger partial charge in [0, 0.05) is 31.3 Å². The maximum atomic E-state index is 14.5. The van der Waals surface area contributed by atoms with E-state index in [4.69, 9.17) is 4.74 Å². The predicted molar refractivity (Wildman–Crippen MR) is 98.2 cm³/mol. The van der Waals surface area contributed by atoms with Crippen molar-refractivity contribution in [2.24, 2.45) is 5.92 Å². The smallest absolute Gasteiger partial charge is 0.259 e. The van der Waals surface area contributed by atoms with Crippen LogP contribution in [-0.4, -0.2) is 49.6 Å². The van der Waals surface area contributed by atoms with Gasteiger partial charge in [0.15, 0.2) is 0 Å². The van der Waals surface area contributed by atoms with E-state index in [9.17, 15) is 14.0 Å². The van der Waals surface area contributed by atoms with Crippen molar-refractivity contribution >= 4 is 23.1 Å². The molecule has 0 saturated carbocycles. The molecule has 0 aromatic heterocycles. The maximum absolute atomic E-state index is 14.5. The number of morpholine rings is 1. The van der Waals surface area contributed by atoms with Crippen LogP contribution in [0.25, 0.3) is 5.57 Å². The summed E-state index contributed by atoms with van der Waals surface area (Å²) in [6, 6.07) is 4.65. The van der Waals surface area contributed by atoms with Crippen LogP contribution in [0.3, 0.4) is 0 Å². The Labute approximate surface area is 153 Å². The minimum Gasteiger partial charge on any atom is -0.378 e. The van der Waals surface area contributed by atoms with Crippen molar-refractivity contribution in [3.8, 4) is 0 Å². The molecule has 2 aliphatic rings. The molecule has 0 spiro atoms. The molecular formula is C20H25FN2O3. The fraction of sp³-hybridized carbons (Fsp3) is 0.500. The van der Waals surface area contributed by atoms with Gasteiger partial charge in [-0.05, 0) is 12.0 Å². The van der Waals surface area contributed by atoms with Gasteiger partial charge < -0.3 is 14.5 Å². The topological polar surface area (TPSA) is 49.9 Å². The summed E-state index contributed by atoms with van der Waals surface area (Å²) in [6.45, 7) is 6.59. The third kappa shape index (κ3) is 3.51. The number of ether oxygens (including phenoxy) is 1. The molecule has 0 aliphatic carbocycles. The highest BCUT2D eigenvalue weighted by Gasteiger charge is 2.36. The van der Waals surface area contributed by atoms with Crippen molar-refractivity contribution in [3.63, 3.8) is 0 Å². The number of halogens is 1. The molecule has 1 fully saturated rings. The lowest BCUT2D eigenvalue weighted by Crippen LogP contribution is -2.40. The number of rotatable bonds is 5. The lowest BCUT2D eigenvalue weighted by atomic mass is 10.0. The van der Waals surface area contributed by atoms with Crippen molar-refractivity contribution in [2.75, 3.05) is 37.7 Å². The minimum atomic E-state index is -0.427. The van der Waals surface area contributed by atoms with Gasteiger partial charge in [-0.25, -0.2) is 4.39 Å². The van der Waals surface area contributed by atoms with E-state index in [0.717, 1.165) is 12.8 Å². The van der Waals surface area contributed by atoms with Crippen molar-refractivity contribution in [1.82, 2.24) is 4.90 Å². The first kappa shape index (κ1) is 18.6. The number of hydrogen-bond acceptors (Lipinski definition) is 3. The molecule has 1 aromatic rings. The largest absolute Gasteiger partial charge is 0.378 e. The molecule has 0 atom stereocenters. The maximum Gasteiger partial charge on any atom is 0.259 e. The molecule has 1 aromatic carbocycles. The van der Waals surface area contributed by atoms with Gasteiger partial charge in [0.05, 0.1) is 24.5 Å². The van der Waals surface area contributed by atoms with E-state index in [2.05, 4.69) is 13.8 Å². The number of para-hydroxylation sites is 1. The molecule has 0 bridgehead atoms. The summed E-state index contributed by atoms with van der Waals surface area (Å²) in [6.07, 6.45) is 3.18. The Balaban J connectivity index is 1.94. The van der Waals surface area contributed by atoms with E-state index in [-0.39, 0.29) is 17.4 Å². The average Bonchev–Trinajstić information content (AvgIpc) is 2.93. The van der Waals surface area contributed by atoms with Gasteiger partial charge >= 0.3 is 0 Å². The summed E-state index contributed by atoms with van der Waals surface area (Å²) >= 11 is 0. The highest BCUT2D eigenvalue weighted by atomic mass is 19.1. The Morgan fingerprint density at radius 1 is 1.27 bits per heavy atom. The average molecular weight is 360 g/mol. The Morgan fingerprint density at radius 3 is 2.62 bits per heavy atom. The first-order valence-electron chi connectivity index (χ1n) is 9.25. The van der Waals surface area contributed by atoms with E-state index in [0.29, 0.717) is 50.0 Å². The summed E-state index contributed by atoms with van der Waals surface area (Å²) in [5.41, 5.74) is 1.08. The molecule has 6 heteroatoms. The molecule has 0 N–H and O–H groups in total. The van der Waals surface area contributed by atoms with Gasteiger partial charge in [-0.15, -0.1) is 0 Å². The number of hydrogen-bond donors (Lipinski definition) is 0. The van der Waals surface area contributed by atoms with Crippen LogP contribution in [0.2, 0.25) is 0 Å². The van der Waals surface area contributed by atoms with E-state index < -0.39 is 5.82 Å². The van der Waals surface area contributed by atoms with Crippen molar-refractivity contribution < 1.29 is 18.7 Å². The second-order valence-corrected chi connectivity index (χ2v) is 6.73. The highest BCUT2D eigenvalue weighted by Crippen LogP contribution is 2.39. The standard InChI is InChI=1S/C20H25FN2O3/c1-3-14(4-2)13-23-19-15(6-5-7-17(19)21)16(20(23)25)12-18(24)22-8-10-26-11-9-22/h5-7,12,14H,3-4,8-11,13H2,1-2H3/b16-12+. The summed E-state index contributed by atoms with van der Waals surface area (Å²) in [5.74, 6) is -0.653. The number of amides is 2. The molecule has 0 unspecified atom stereocenters. The van der Waals surface area contributed by atoms with Crippen LogP contribution in [-0.2, 0) is 14.3 Å². The number of fused-ring (bicyclic) bond motifs is 1. The molecular weight excluding hydrogens is 335 g/mol. The molecule has 2 heterocycles. The number of benzene rings is 1. The van der Waals surface area contributed by atoms with Gasteiger partial charge in [0.2, 0.25) is 5.91 Å². The second kappa shape index (κ2) is 7.99. The summed E-state index contributed by atoms with van der Waals surface area (Å²) < 4.78 is 19.8. The molecule has 2 aliphatic heterocycles. The van der Waals surface area contributed by atoms with Crippen LogP contribution >= 0.6 is 0 Å². The zero-order valence-electron chi connectivity index (χ0n) is 15.3. The van der Waals surface area contributed by atoms with Crippen LogP contribution in [0.5, 0.6) is 0 Å². The fourth-order valence-corrected chi connectivity index (χ4v) is 3.49. The third-order valence-corrected chi connectivity index (χ3v) is 5.21. The van der Waals surface area contributed by atoms with Crippen molar-refractivity contribution in [2.45, 2.75) is 26.7 Å². The van der Waals surface area contributed by atoms with Crippen molar-refractivity contribution in [1.29, 1.82) is 0 Å². The van der Waals surface area contributed by atoms with Crippen LogP contribution in [0.15, 0.2) is 24.3 Å².